The Kier molecular flexibility index (Phi) is 3.62. The molecule has 0 aromatic heterocycles. The maximum absolute atomic E-state index is 13.4. The molecule has 0 aromatic carbocycles. The van der Waals surface area contributed by atoms with Crippen molar-refractivity contribution in [2.24, 2.45) is 11.8 Å². The van der Waals surface area contributed by atoms with Crippen molar-refractivity contribution in [3.05, 3.63) is 21.0 Å². The molecule has 0 spiro atoms. The fourth-order valence-corrected chi connectivity index (χ4v) is 8.55. The Morgan fingerprint density at radius 3 is 1.38 bits per heavy atom. The maximum atomic E-state index is 13.4. The van der Waals surface area contributed by atoms with Crippen LogP contribution >= 0.6 is 0 Å². The van der Waals surface area contributed by atoms with Gasteiger partial charge in [0.1, 0.15) is 12.2 Å². The van der Waals surface area contributed by atoms with Crippen molar-refractivity contribution in [3.63, 3.8) is 0 Å². The predicted molar refractivity (Wildman–Crippen MR) is 101 cm³/mol. The monoisotopic (exact) mass is 400 g/mol. The number of hydrogen-bond acceptors (Lipinski definition) is 5. The Bertz CT molecular complexity index is 876. The van der Waals surface area contributed by atoms with E-state index in [0.717, 1.165) is 30.4 Å². The van der Waals surface area contributed by atoms with Gasteiger partial charge in [-0.25, -0.2) is 16.8 Å². The van der Waals surface area contributed by atoms with Gasteiger partial charge in [0.15, 0.2) is 19.7 Å². The molecule has 4 bridgehead atoms. The molecular formula is C19H28O5S2. The number of rotatable bonds is 2. The van der Waals surface area contributed by atoms with E-state index >= 15 is 0 Å². The highest BCUT2D eigenvalue weighted by Gasteiger charge is 2.62. The molecule has 2 aliphatic heterocycles. The second-order valence-electron chi connectivity index (χ2n) is 9.97. The van der Waals surface area contributed by atoms with Gasteiger partial charge in [-0.2, -0.15) is 0 Å². The molecule has 0 radical (unpaired) electrons. The zero-order chi connectivity index (χ0) is 19.4. The third kappa shape index (κ3) is 2.11. The molecule has 146 valence electrons. The van der Waals surface area contributed by atoms with Crippen LogP contribution in [0.5, 0.6) is 0 Å². The van der Waals surface area contributed by atoms with Crippen molar-refractivity contribution >= 4 is 19.7 Å². The van der Waals surface area contributed by atoms with Crippen LogP contribution in [-0.4, -0.2) is 38.5 Å². The van der Waals surface area contributed by atoms with E-state index < -0.39 is 41.4 Å². The van der Waals surface area contributed by atoms with Crippen molar-refractivity contribution < 1.29 is 21.6 Å². The van der Waals surface area contributed by atoms with Crippen molar-refractivity contribution in [1.29, 1.82) is 0 Å². The van der Waals surface area contributed by atoms with Gasteiger partial charge in [0.2, 0.25) is 0 Å². The SMILES string of the molecule is CC(C)(C)S(=O)(=O)C1=C(S(=O)(=O)C(C)(C)C)[C@H]2O[C@@H]1C1=C2[C@@H]2CC[C@H]1C2. The molecular weight excluding hydrogens is 372 g/mol. The van der Waals surface area contributed by atoms with E-state index in [9.17, 15) is 16.8 Å². The lowest BCUT2D eigenvalue weighted by Gasteiger charge is -2.31. The zero-order valence-corrected chi connectivity index (χ0v) is 17.9. The molecule has 4 aliphatic rings. The van der Waals surface area contributed by atoms with Gasteiger partial charge in [-0.05, 0) is 83.8 Å². The molecule has 0 amide bonds. The summed E-state index contributed by atoms with van der Waals surface area (Å²) in [5.74, 6) is 0.711. The van der Waals surface area contributed by atoms with Gasteiger partial charge in [-0.15, -0.1) is 0 Å². The lowest BCUT2D eigenvalue weighted by atomic mass is 9.85. The van der Waals surface area contributed by atoms with Crippen molar-refractivity contribution in [3.8, 4) is 0 Å². The highest BCUT2D eigenvalue weighted by molar-refractivity contribution is 8.00. The van der Waals surface area contributed by atoms with Gasteiger partial charge in [0.25, 0.3) is 0 Å². The van der Waals surface area contributed by atoms with Gasteiger partial charge in [0, 0.05) is 0 Å². The van der Waals surface area contributed by atoms with Crippen LogP contribution < -0.4 is 0 Å². The summed E-state index contributed by atoms with van der Waals surface area (Å²) >= 11 is 0. The second-order valence-corrected chi connectivity index (χ2v) is 15.3. The minimum absolute atomic E-state index is 0.0243. The van der Waals surface area contributed by atoms with Crippen molar-refractivity contribution in [2.75, 3.05) is 0 Å². The third-order valence-electron chi connectivity index (χ3n) is 6.39. The lowest BCUT2D eigenvalue weighted by molar-refractivity contribution is 0.113. The molecule has 2 heterocycles. The molecule has 0 saturated heterocycles. The summed E-state index contributed by atoms with van der Waals surface area (Å²) in [5.41, 5.74) is 2.17. The number of sulfone groups is 2. The van der Waals surface area contributed by atoms with E-state index in [1.54, 1.807) is 41.5 Å². The highest BCUT2D eigenvalue weighted by Crippen LogP contribution is 2.62. The van der Waals surface area contributed by atoms with Crippen LogP contribution in [0, 0.1) is 11.8 Å². The van der Waals surface area contributed by atoms with Crippen molar-refractivity contribution in [1.82, 2.24) is 0 Å². The molecule has 0 unspecified atom stereocenters. The quantitative estimate of drug-likeness (QED) is 0.666. The zero-order valence-electron chi connectivity index (χ0n) is 16.3. The number of ether oxygens (including phenoxy) is 1. The first-order chi connectivity index (χ1) is 11.7. The van der Waals surface area contributed by atoms with E-state index in [-0.39, 0.29) is 9.81 Å². The number of fused-ring (bicyclic) bond motifs is 8. The molecule has 0 N–H and O–H groups in total. The Labute approximate surface area is 156 Å². The molecule has 1 fully saturated rings. The van der Waals surface area contributed by atoms with E-state index in [2.05, 4.69) is 0 Å². The Morgan fingerprint density at radius 1 is 0.731 bits per heavy atom. The molecule has 7 heteroatoms. The fourth-order valence-electron chi connectivity index (χ4n) is 4.90. The van der Waals surface area contributed by atoms with Crippen LogP contribution in [-0.2, 0) is 24.4 Å². The van der Waals surface area contributed by atoms with Gasteiger partial charge < -0.3 is 4.74 Å². The van der Waals surface area contributed by atoms with Crippen LogP contribution in [0.15, 0.2) is 21.0 Å². The summed E-state index contributed by atoms with van der Waals surface area (Å²) < 4.78 is 57.5. The van der Waals surface area contributed by atoms with Gasteiger partial charge in [0.05, 0.1) is 19.3 Å². The molecule has 26 heavy (non-hydrogen) atoms. The summed E-state index contributed by atoms with van der Waals surface area (Å²) in [5, 5.41) is 0. The summed E-state index contributed by atoms with van der Waals surface area (Å²) in [6.45, 7) is 9.74. The van der Waals surface area contributed by atoms with E-state index in [1.165, 1.54) is 0 Å². The third-order valence-corrected chi connectivity index (χ3v) is 11.8. The van der Waals surface area contributed by atoms with Crippen LogP contribution in [0.2, 0.25) is 0 Å². The Hall–Kier alpha value is -0.660. The largest absolute Gasteiger partial charge is 0.355 e. The molecule has 4 rings (SSSR count). The first-order valence-electron chi connectivity index (χ1n) is 9.32. The van der Waals surface area contributed by atoms with Crippen LogP contribution in [0.3, 0.4) is 0 Å². The van der Waals surface area contributed by atoms with Crippen LogP contribution in [0.4, 0.5) is 0 Å². The van der Waals surface area contributed by atoms with Crippen molar-refractivity contribution in [2.45, 2.75) is 82.5 Å². The molecule has 4 atom stereocenters. The van der Waals surface area contributed by atoms with Gasteiger partial charge >= 0.3 is 0 Å². The standard InChI is InChI=1S/C19H28O5S2/c1-18(2,3)25(20,21)16-14-12-10-7-8-11(9-10)13(12)15(24-14)17(16)26(22,23)19(4,5)6/h10-11,14-15H,7-9H2,1-6H3/t10-,11+,14+,15-. The van der Waals surface area contributed by atoms with E-state index in [1.807, 2.05) is 0 Å². The fraction of sp³-hybridized carbons (Fsp3) is 0.789. The number of hydrogen-bond donors (Lipinski definition) is 0. The topological polar surface area (TPSA) is 77.5 Å². The van der Waals surface area contributed by atoms with Gasteiger partial charge in [-0.3, -0.25) is 0 Å². The smallest absolute Gasteiger partial charge is 0.183 e. The first kappa shape index (κ1) is 18.7. The molecule has 2 aliphatic carbocycles. The Balaban J connectivity index is 1.98. The minimum atomic E-state index is -3.81. The first-order valence-corrected chi connectivity index (χ1v) is 12.3. The normalized spacial score (nSPS) is 34.2. The van der Waals surface area contributed by atoms with Gasteiger partial charge in [-0.1, -0.05) is 0 Å². The molecule has 0 aromatic rings. The van der Waals surface area contributed by atoms with E-state index in [4.69, 9.17) is 4.74 Å². The predicted octanol–water partition coefficient (Wildman–Crippen LogP) is 3.13. The average molecular weight is 401 g/mol. The van der Waals surface area contributed by atoms with Crippen LogP contribution in [0.1, 0.15) is 60.8 Å². The second kappa shape index (κ2) is 5.03. The maximum Gasteiger partial charge on any atom is 0.183 e. The summed E-state index contributed by atoms with van der Waals surface area (Å²) in [4.78, 5) is 0.0486. The molecule has 5 nitrogen and oxygen atoms in total. The average Bonchev–Trinajstić information content (AvgIpc) is 3.21. The van der Waals surface area contributed by atoms with E-state index in [0.29, 0.717) is 11.8 Å². The lowest BCUT2D eigenvalue weighted by Crippen LogP contribution is -2.39. The highest BCUT2D eigenvalue weighted by atomic mass is 32.2. The molecule has 1 saturated carbocycles. The summed E-state index contributed by atoms with van der Waals surface area (Å²) in [7, 11) is -7.63. The summed E-state index contributed by atoms with van der Waals surface area (Å²) in [6.07, 6.45) is 1.75. The Morgan fingerprint density at radius 2 is 1.08 bits per heavy atom. The minimum Gasteiger partial charge on any atom is -0.355 e. The summed E-state index contributed by atoms with van der Waals surface area (Å²) in [6, 6.07) is 0. The van der Waals surface area contributed by atoms with Crippen LogP contribution in [0.25, 0.3) is 0 Å².